The van der Waals surface area contributed by atoms with Gasteiger partial charge >= 0.3 is 6.09 Å². The van der Waals surface area contributed by atoms with Crippen LogP contribution < -0.4 is 0 Å². The Labute approximate surface area is 147 Å². The van der Waals surface area contributed by atoms with Crippen molar-refractivity contribution in [1.29, 1.82) is 0 Å². The molecule has 1 N–H and O–H groups in total. The fourth-order valence-corrected chi connectivity index (χ4v) is 2.99. The highest BCUT2D eigenvalue weighted by Crippen LogP contribution is 2.19. The third-order valence-electron chi connectivity index (χ3n) is 4.11. The van der Waals surface area contributed by atoms with Gasteiger partial charge in [-0.05, 0) is 31.0 Å². The molecular formula is C17H20Cl2N2O2. The van der Waals surface area contributed by atoms with Gasteiger partial charge in [-0.15, -0.1) is 0 Å². The molecule has 4 nitrogen and oxygen atoms in total. The lowest BCUT2D eigenvalue weighted by Crippen LogP contribution is -2.45. The molecule has 0 unspecified atom stereocenters. The van der Waals surface area contributed by atoms with Crippen LogP contribution in [0, 0.1) is 11.8 Å². The second-order valence-electron chi connectivity index (χ2n) is 5.64. The third-order valence-corrected chi connectivity index (χ3v) is 4.68. The first-order valence-corrected chi connectivity index (χ1v) is 8.35. The van der Waals surface area contributed by atoms with Crippen LogP contribution in [-0.4, -0.2) is 53.7 Å². The van der Waals surface area contributed by atoms with Gasteiger partial charge in [0.05, 0.1) is 5.02 Å². The van der Waals surface area contributed by atoms with Crippen LogP contribution in [0.1, 0.15) is 24.8 Å². The predicted octanol–water partition coefficient (Wildman–Crippen LogP) is 3.81. The summed E-state index contributed by atoms with van der Waals surface area (Å²) in [5.41, 5.74) is 0.751. The fraction of sp³-hybridized carbons (Fsp3) is 0.471. The molecule has 23 heavy (non-hydrogen) atoms. The zero-order valence-corrected chi connectivity index (χ0v) is 14.6. The van der Waals surface area contributed by atoms with Crippen LogP contribution in [0.25, 0.3) is 0 Å². The second kappa shape index (κ2) is 8.44. The first kappa shape index (κ1) is 17.9. The van der Waals surface area contributed by atoms with Gasteiger partial charge in [0.25, 0.3) is 0 Å². The molecule has 0 aliphatic carbocycles. The number of carbonyl (C=O) groups is 1. The molecule has 1 aliphatic rings. The van der Waals surface area contributed by atoms with Gasteiger partial charge in [-0.3, -0.25) is 0 Å². The first-order valence-electron chi connectivity index (χ1n) is 7.59. The van der Waals surface area contributed by atoms with E-state index in [0.29, 0.717) is 10.0 Å². The number of benzene rings is 1. The molecule has 1 aromatic carbocycles. The Bertz CT molecular complexity index is 617. The van der Waals surface area contributed by atoms with Gasteiger partial charge in [-0.1, -0.05) is 35.0 Å². The summed E-state index contributed by atoms with van der Waals surface area (Å²) in [7, 11) is 1.64. The summed E-state index contributed by atoms with van der Waals surface area (Å²) in [6.07, 6.45) is 1.64. The van der Waals surface area contributed by atoms with Crippen molar-refractivity contribution >= 4 is 29.3 Å². The van der Waals surface area contributed by atoms with E-state index in [1.165, 1.54) is 4.90 Å². The van der Waals surface area contributed by atoms with Crippen LogP contribution in [0.2, 0.25) is 10.0 Å². The van der Waals surface area contributed by atoms with Crippen molar-refractivity contribution in [3.05, 3.63) is 33.8 Å². The van der Waals surface area contributed by atoms with Gasteiger partial charge in [0, 0.05) is 49.7 Å². The quantitative estimate of drug-likeness (QED) is 0.839. The molecule has 2 rings (SSSR count). The molecule has 1 aliphatic heterocycles. The van der Waals surface area contributed by atoms with E-state index >= 15 is 0 Å². The van der Waals surface area contributed by atoms with E-state index in [2.05, 4.69) is 16.7 Å². The molecule has 1 fully saturated rings. The average Bonchev–Trinajstić information content (AvgIpc) is 2.54. The number of piperidine rings is 1. The van der Waals surface area contributed by atoms with Gasteiger partial charge < -0.3 is 14.9 Å². The monoisotopic (exact) mass is 354 g/mol. The zero-order chi connectivity index (χ0) is 16.8. The largest absolute Gasteiger partial charge is 0.465 e. The van der Waals surface area contributed by atoms with Crippen molar-refractivity contribution in [3.63, 3.8) is 0 Å². The standard InChI is InChI=1S/C17H20Cl2N2O2/c1-20(17(22)23)15-7-10-21(11-8-15)9-3-2-4-13-12-14(18)5-6-16(13)19/h5-6,12,15H,3,7-11H2,1H3,(H,22,23). The van der Waals surface area contributed by atoms with Crippen LogP contribution in [0.5, 0.6) is 0 Å². The maximum absolute atomic E-state index is 11.0. The van der Waals surface area contributed by atoms with E-state index in [1.807, 2.05) is 0 Å². The van der Waals surface area contributed by atoms with Crippen molar-refractivity contribution in [2.75, 3.05) is 26.7 Å². The lowest BCUT2D eigenvalue weighted by atomic mass is 10.0. The predicted molar refractivity (Wildman–Crippen MR) is 93.2 cm³/mol. The molecule has 1 aromatic rings. The summed E-state index contributed by atoms with van der Waals surface area (Å²) in [5, 5.41) is 10.2. The molecule has 0 saturated carbocycles. The second-order valence-corrected chi connectivity index (χ2v) is 6.49. The number of amides is 1. The number of halogens is 2. The first-order chi connectivity index (χ1) is 11.0. The Morgan fingerprint density at radius 2 is 2.09 bits per heavy atom. The number of hydrogen-bond acceptors (Lipinski definition) is 2. The molecule has 1 heterocycles. The van der Waals surface area contributed by atoms with Gasteiger partial charge in [-0.2, -0.15) is 0 Å². The van der Waals surface area contributed by atoms with Crippen LogP contribution >= 0.6 is 23.2 Å². The zero-order valence-electron chi connectivity index (χ0n) is 13.1. The van der Waals surface area contributed by atoms with Crippen molar-refractivity contribution < 1.29 is 9.90 Å². The van der Waals surface area contributed by atoms with Crippen LogP contribution in [0.3, 0.4) is 0 Å². The van der Waals surface area contributed by atoms with E-state index in [-0.39, 0.29) is 6.04 Å². The van der Waals surface area contributed by atoms with Crippen LogP contribution in [0.15, 0.2) is 18.2 Å². The Kier molecular flexibility index (Phi) is 6.59. The maximum Gasteiger partial charge on any atom is 0.407 e. The molecule has 1 amide bonds. The summed E-state index contributed by atoms with van der Waals surface area (Å²) in [4.78, 5) is 14.7. The normalized spacial score (nSPS) is 15.8. The number of likely N-dealkylation sites (tertiary alicyclic amines) is 1. The molecule has 0 atom stereocenters. The molecule has 0 aromatic heterocycles. The number of carboxylic acid groups (broad SMARTS) is 1. The SMILES string of the molecule is CN(C(=O)O)C1CCN(CCC#Cc2cc(Cl)ccc2Cl)CC1. The minimum absolute atomic E-state index is 0.125. The summed E-state index contributed by atoms with van der Waals surface area (Å²) in [6.45, 7) is 2.69. The van der Waals surface area contributed by atoms with Crippen LogP contribution in [-0.2, 0) is 0 Å². The number of hydrogen-bond donors (Lipinski definition) is 1. The number of nitrogens with zero attached hydrogens (tertiary/aromatic N) is 2. The van der Waals surface area contributed by atoms with Crippen molar-refractivity contribution in [2.45, 2.75) is 25.3 Å². The van der Waals surface area contributed by atoms with E-state index in [1.54, 1.807) is 25.2 Å². The van der Waals surface area contributed by atoms with E-state index in [4.69, 9.17) is 28.3 Å². The Balaban J connectivity index is 1.77. The lowest BCUT2D eigenvalue weighted by Gasteiger charge is -2.35. The highest BCUT2D eigenvalue weighted by Gasteiger charge is 2.24. The molecular weight excluding hydrogens is 335 g/mol. The van der Waals surface area contributed by atoms with Crippen molar-refractivity contribution in [2.24, 2.45) is 0 Å². The smallest absolute Gasteiger partial charge is 0.407 e. The maximum atomic E-state index is 11.0. The Morgan fingerprint density at radius 1 is 1.39 bits per heavy atom. The van der Waals surface area contributed by atoms with Crippen molar-refractivity contribution in [3.8, 4) is 11.8 Å². The minimum atomic E-state index is -0.854. The Hall–Kier alpha value is -1.41. The highest BCUT2D eigenvalue weighted by molar-refractivity contribution is 6.33. The van der Waals surface area contributed by atoms with Gasteiger partial charge in [0.2, 0.25) is 0 Å². The average molecular weight is 355 g/mol. The molecule has 0 spiro atoms. The van der Waals surface area contributed by atoms with Gasteiger partial charge in [0.15, 0.2) is 0 Å². The Morgan fingerprint density at radius 3 is 2.74 bits per heavy atom. The highest BCUT2D eigenvalue weighted by atomic mass is 35.5. The van der Waals surface area contributed by atoms with Gasteiger partial charge in [-0.25, -0.2) is 4.79 Å². The van der Waals surface area contributed by atoms with E-state index < -0.39 is 6.09 Å². The number of rotatable bonds is 3. The molecule has 0 radical (unpaired) electrons. The topological polar surface area (TPSA) is 43.8 Å². The van der Waals surface area contributed by atoms with Gasteiger partial charge in [0.1, 0.15) is 0 Å². The van der Waals surface area contributed by atoms with E-state index in [0.717, 1.165) is 44.5 Å². The minimum Gasteiger partial charge on any atom is -0.465 e. The summed E-state index contributed by atoms with van der Waals surface area (Å²) >= 11 is 12.0. The lowest BCUT2D eigenvalue weighted by molar-refractivity contribution is 0.106. The summed E-state index contributed by atoms with van der Waals surface area (Å²) < 4.78 is 0. The molecule has 0 bridgehead atoms. The summed E-state index contributed by atoms with van der Waals surface area (Å²) in [6, 6.07) is 5.38. The molecule has 124 valence electrons. The molecule has 6 heteroatoms. The van der Waals surface area contributed by atoms with Crippen LogP contribution in [0.4, 0.5) is 4.79 Å². The van der Waals surface area contributed by atoms with Crippen molar-refractivity contribution in [1.82, 2.24) is 9.80 Å². The van der Waals surface area contributed by atoms with E-state index in [9.17, 15) is 4.79 Å². The summed E-state index contributed by atoms with van der Waals surface area (Å²) in [5.74, 6) is 6.19. The molecule has 1 saturated heterocycles. The third kappa shape index (κ3) is 5.31. The fourth-order valence-electron chi connectivity index (χ4n) is 2.65.